The molecule has 0 amide bonds. The molecule has 0 aliphatic heterocycles. The van der Waals surface area contributed by atoms with Crippen LogP contribution in [0.25, 0.3) is 0 Å². The fourth-order valence-electron chi connectivity index (χ4n) is 5.36. The van der Waals surface area contributed by atoms with Gasteiger partial charge in [0, 0.05) is 11.6 Å². The summed E-state index contributed by atoms with van der Waals surface area (Å²) < 4.78 is 4.58. The number of esters is 1. The summed E-state index contributed by atoms with van der Waals surface area (Å²) in [6, 6.07) is 0. The van der Waals surface area contributed by atoms with E-state index in [2.05, 4.69) is 38.5 Å². The number of fused-ring (bicyclic) bond motifs is 1. The van der Waals surface area contributed by atoms with Gasteiger partial charge in [0.1, 0.15) is 6.29 Å². The van der Waals surface area contributed by atoms with E-state index in [-0.39, 0.29) is 22.3 Å². The summed E-state index contributed by atoms with van der Waals surface area (Å²) in [5.74, 6) is 0.167. The molecule has 0 aromatic carbocycles. The number of aliphatic hydroxyl groups is 1. The highest BCUT2D eigenvalue weighted by atomic mass is 16.5. The van der Waals surface area contributed by atoms with Crippen LogP contribution in [0.1, 0.15) is 59.8 Å². The number of ether oxygens (including phenoxy) is 1. The zero-order chi connectivity index (χ0) is 18.8. The molecule has 2 aliphatic carbocycles. The van der Waals surface area contributed by atoms with Crippen molar-refractivity contribution in [3.63, 3.8) is 0 Å². The topological polar surface area (TPSA) is 63.6 Å². The molecule has 0 aromatic rings. The molecule has 4 heteroatoms. The number of aliphatic hydroxyl groups excluding tert-OH is 1. The molecule has 1 fully saturated rings. The number of aldehydes is 1. The predicted octanol–water partition coefficient (Wildman–Crippen LogP) is 3.83. The van der Waals surface area contributed by atoms with E-state index in [1.807, 2.05) is 0 Å². The van der Waals surface area contributed by atoms with E-state index in [1.54, 1.807) is 0 Å². The zero-order valence-corrected chi connectivity index (χ0v) is 16.2. The molecule has 0 heterocycles. The first kappa shape index (κ1) is 19.9. The van der Waals surface area contributed by atoms with Gasteiger partial charge in [-0.25, -0.2) is 4.79 Å². The van der Waals surface area contributed by atoms with Crippen molar-refractivity contribution in [3.05, 3.63) is 23.3 Å². The summed E-state index contributed by atoms with van der Waals surface area (Å²) in [5.41, 5.74) is 1.78. The summed E-state index contributed by atoms with van der Waals surface area (Å²) in [6.07, 6.45) is 8.13. The van der Waals surface area contributed by atoms with Gasteiger partial charge in [0.25, 0.3) is 0 Å². The standard InChI is InChI=1S/C21H32O4/c1-14-7-8-18-20(2,3)9-6-10-21(18,4)16(14)12-17(23)15(13-22)11-19(24)25-5/h7,11,13,16-18,23H,6,8-10,12H2,1-5H3. The average Bonchev–Trinajstić information content (AvgIpc) is 2.54. The molecule has 0 saturated heterocycles. The first-order valence-electron chi connectivity index (χ1n) is 9.25. The van der Waals surface area contributed by atoms with E-state index in [9.17, 15) is 14.7 Å². The lowest BCUT2D eigenvalue weighted by molar-refractivity contribution is -0.135. The second-order valence-electron chi connectivity index (χ2n) is 8.67. The molecule has 0 aromatic heterocycles. The number of hydrogen-bond donors (Lipinski definition) is 1. The summed E-state index contributed by atoms with van der Waals surface area (Å²) in [4.78, 5) is 22.8. The molecule has 1 saturated carbocycles. The normalized spacial score (nSPS) is 33.0. The smallest absolute Gasteiger partial charge is 0.330 e. The van der Waals surface area contributed by atoms with Crippen LogP contribution in [0, 0.1) is 22.7 Å². The number of rotatable bonds is 5. The van der Waals surface area contributed by atoms with Gasteiger partial charge in [0.05, 0.1) is 13.2 Å². The van der Waals surface area contributed by atoms with E-state index in [4.69, 9.17) is 0 Å². The van der Waals surface area contributed by atoms with Crippen molar-refractivity contribution in [3.8, 4) is 0 Å². The van der Waals surface area contributed by atoms with E-state index in [0.717, 1.165) is 18.9 Å². The summed E-state index contributed by atoms with van der Waals surface area (Å²) >= 11 is 0. The van der Waals surface area contributed by atoms with Crippen LogP contribution in [-0.2, 0) is 14.3 Å². The average molecular weight is 348 g/mol. The molecule has 0 radical (unpaired) electrons. The Morgan fingerprint density at radius 1 is 1.40 bits per heavy atom. The summed E-state index contributed by atoms with van der Waals surface area (Å²) in [6.45, 7) is 9.18. The van der Waals surface area contributed by atoms with E-state index in [1.165, 1.54) is 25.5 Å². The maximum atomic E-state index is 11.4. The summed E-state index contributed by atoms with van der Waals surface area (Å²) in [7, 11) is 1.26. The maximum absolute atomic E-state index is 11.4. The third-order valence-electron chi connectivity index (χ3n) is 6.76. The molecule has 1 N–H and O–H groups in total. The van der Waals surface area contributed by atoms with Crippen LogP contribution in [0.4, 0.5) is 0 Å². The number of carbonyl (C=O) groups excluding carboxylic acids is 2. The molecule has 140 valence electrons. The van der Waals surface area contributed by atoms with Gasteiger partial charge in [0.2, 0.25) is 0 Å². The summed E-state index contributed by atoms with van der Waals surface area (Å²) in [5, 5.41) is 10.6. The third-order valence-corrected chi connectivity index (χ3v) is 6.76. The van der Waals surface area contributed by atoms with Crippen LogP contribution in [0.3, 0.4) is 0 Å². The lowest BCUT2D eigenvalue weighted by atomic mass is 9.48. The fourth-order valence-corrected chi connectivity index (χ4v) is 5.36. The van der Waals surface area contributed by atoms with Gasteiger partial charge in [-0.3, -0.25) is 4.79 Å². The van der Waals surface area contributed by atoms with Crippen molar-refractivity contribution in [1.29, 1.82) is 0 Å². The molecule has 2 aliphatic rings. The Hall–Kier alpha value is -1.42. The minimum absolute atomic E-state index is 0.0976. The van der Waals surface area contributed by atoms with Gasteiger partial charge in [-0.2, -0.15) is 0 Å². The number of carbonyl (C=O) groups is 2. The largest absolute Gasteiger partial charge is 0.466 e. The highest BCUT2D eigenvalue weighted by Gasteiger charge is 2.52. The molecule has 4 atom stereocenters. The van der Waals surface area contributed by atoms with Crippen molar-refractivity contribution in [2.45, 2.75) is 65.9 Å². The molecule has 25 heavy (non-hydrogen) atoms. The molecule has 0 bridgehead atoms. The number of methoxy groups -OCH3 is 1. The van der Waals surface area contributed by atoms with E-state index < -0.39 is 12.1 Å². The molecule has 4 unspecified atom stereocenters. The fraction of sp³-hybridized carbons (Fsp3) is 0.714. The minimum Gasteiger partial charge on any atom is -0.466 e. The van der Waals surface area contributed by atoms with Crippen LogP contribution in [-0.4, -0.2) is 30.6 Å². The van der Waals surface area contributed by atoms with Gasteiger partial charge in [-0.05, 0) is 55.3 Å². The van der Waals surface area contributed by atoms with Crippen molar-refractivity contribution in [1.82, 2.24) is 0 Å². The van der Waals surface area contributed by atoms with Crippen molar-refractivity contribution in [2.75, 3.05) is 7.11 Å². The number of hydrogen-bond acceptors (Lipinski definition) is 4. The van der Waals surface area contributed by atoms with E-state index >= 15 is 0 Å². The quantitative estimate of drug-likeness (QED) is 0.355. The van der Waals surface area contributed by atoms with Gasteiger partial charge < -0.3 is 9.84 Å². The van der Waals surface area contributed by atoms with Crippen molar-refractivity contribution >= 4 is 12.3 Å². The Morgan fingerprint density at radius 3 is 2.68 bits per heavy atom. The molecule has 4 nitrogen and oxygen atoms in total. The Balaban J connectivity index is 2.29. The Kier molecular flexibility index (Phi) is 5.93. The second kappa shape index (κ2) is 7.45. The Morgan fingerprint density at radius 2 is 2.08 bits per heavy atom. The van der Waals surface area contributed by atoms with Crippen LogP contribution in [0.2, 0.25) is 0 Å². The lowest BCUT2D eigenvalue weighted by Gasteiger charge is -2.57. The lowest BCUT2D eigenvalue weighted by Crippen LogP contribution is -2.49. The first-order valence-corrected chi connectivity index (χ1v) is 9.25. The van der Waals surface area contributed by atoms with Gasteiger partial charge in [-0.15, -0.1) is 0 Å². The Labute approximate surface area is 151 Å². The van der Waals surface area contributed by atoms with Gasteiger partial charge in [0.15, 0.2) is 0 Å². The minimum atomic E-state index is -0.953. The zero-order valence-electron chi connectivity index (χ0n) is 16.2. The van der Waals surface area contributed by atoms with E-state index in [0.29, 0.717) is 18.6 Å². The monoisotopic (exact) mass is 348 g/mol. The maximum Gasteiger partial charge on any atom is 0.330 e. The van der Waals surface area contributed by atoms with Gasteiger partial charge >= 0.3 is 5.97 Å². The van der Waals surface area contributed by atoms with Gasteiger partial charge in [-0.1, -0.05) is 38.8 Å². The molecule has 0 spiro atoms. The SMILES string of the molecule is COC(=O)C=C(C=O)C(O)CC1C(C)=CCC2C(C)(C)CCCC12C. The molecule has 2 rings (SSSR count). The predicted molar refractivity (Wildman–Crippen MR) is 97.9 cm³/mol. The van der Waals surface area contributed by atoms with Crippen molar-refractivity contribution in [2.24, 2.45) is 22.7 Å². The van der Waals surface area contributed by atoms with Crippen LogP contribution in [0.5, 0.6) is 0 Å². The Bertz CT molecular complexity index is 587. The highest BCUT2D eigenvalue weighted by molar-refractivity contribution is 5.90. The van der Waals surface area contributed by atoms with Crippen LogP contribution in [0.15, 0.2) is 23.3 Å². The molecular formula is C21H32O4. The van der Waals surface area contributed by atoms with Crippen LogP contribution >= 0.6 is 0 Å². The van der Waals surface area contributed by atoms with Crippen molar-refractivity contribution < 1.29 is 19.4 Å². The first-order chi connectivity index (χ1) is 11.7. The number of allylic oxidation sites excluding steroid dienone is 2. The highest BCUT2D eigenvalue weighted by Crippen LogP contribution is 2.60. The second-order valence-corrected chi connectivity index (χ2v) is 8.67. The van der Waals surface area contributed by atoms with Crippen LogP contribution < -0.4 is 0 Å². The third kappa shape index (κ3) is 3.89. The molecular weight excluding hydrogens is 316 g/mol.